The molecule has 92 valence electrons. The van der Waals surface area contributed by atoms with Crippen LogP contribution in [0.3, 0.4) is 0 Å². The first-order valence-electron chi connectivity index (χ1n) is 5.55. The van der Waals surface area contributed by atoms with E-state index in [2.05, 4.69) is 0 Å². The van der Waals surface area contributed by atoms with Crippen molar-refractivity contribution in [3.63, 3.8) is 0 Å². The Labute approximate surface area is 100 Å². The number of carboxylic acid groups (broad SMARTS) is 1. The highest BCUT2D eigenvalue weighted by Gasteiger charge is 2.11. The van der Waals surface area contributed by atoms with Gasteiger partial charge in [-0.15, -0.1) is 0 Å². The molecule has 0 fully saturated rings. The molecule has 4 heteroatoms. The number of carbonyl (C=O) groups is 2. The van der Waals surface area contributed by atoms with Gasteiger partial charge in [-0.1, -0.05) is 26.3 Å². The van der Waals surface area contributed by atoms with Gasteiger partial charge < -0.3 is 9.84 Å². The van der Waals surface area contributed by atoms with Gasteiger partial charge in [0.2, 0.25) is 0 Å². The normalized spacial score (nSPS) is 11.9. The van der Waals surface area contributed by atoms with E-state index in [9.17, 15) is 9.59 Å². The van der Waals surface area contributed by atoms with Crippen molar-refractivity contribution in [2.45, 2.75) is 20.3 Å². The van der Waals surface area contributed by atoms with Crippen LogP contribution in [-0.2, 0) is 4.74 Å². The van der Waals surface area contributed by atoms with Crippen molar-refractivity contribution in [1.82, 2.24) is 0 Å². The number of esters is 1. The summed E-state index contributed by atoms with van der Waals surface area (Å²) in [5.74, 6) is -1.23. The second-order valence-electron chi connectivity index (χ2n) is 4.00. The van der Waals surface area contributed by atoms with Gasteiger partial charge in [-0.3, -0.25) is 0 Å². The molecular weight excluding hydrogens is 220 g/mol. The lowest BCUT2D eigenvalue weighted by atomic mass is 10.1. The summed E-state index contributed by atoms with van der Waals surface area (Å²) in [6, 6.07) is 5.84. The van der Waals surface area contributed by atoms with E-state index in [0.29, 0.717) is 12.5 Å². The first-order chi connectivity index (χ1) is 8.04. The Morgan fingerprint density at radius 1 is 1.35 bits per heavy atom. The topological polar surface area (TPSA) is 63.6 Å². The Morgan fingerprint density at radius 2 is 2.00 bits per heavy atom. The van der Waals surface area contributed by atoms with E-state index in [1.54, 1.807) is 6.07 Å². The third kappa shape index (κ3) is 3.90. The number of hydrogen-bond acceptors (Lipinski definition) is 3. The molecule has 0 aliphatic rings. The minimum atomic E-state index is -1.05. The summed E-state index contributed by atoms with van der Waals surface area (Å²) in [5, 5.41) is 8.80. The molecule has 0 heterocycles. The minimum absolute atomic E-state index is 0.0861. The lowest BCUT2D eigenvalue weighted by molar-refractivity contribution is 0.0447. The number of rotatable bonds is 5. The van der Waals surface area contributed by atoms with Gasteiger partial charge in [0, 0.05) is 0 Å². The van der Waals surface area contributed by atoms with Crippen LogP contribution >= 0.6 is 0 Å². The fourth-order valence-corrected chi connectivity index (χ4v) is 1.20. The average molecular weight is 236 g/mol. The molecule has 1 aromatic carbocycles. The molecule has 0 bridgehead atoms. The Morgan fingerprint density at radius 3 is 2.59 bits per heavy atom. The van der Waals surface area contributed by atoms with Gasteiger partial charge in [-0.2, -0.15) is 0 Å². The van der Waals surface area contributed by atoms with Gasteiger partial charge >= 0.3 is 11.9 Å². The minimum Gasteiger partial charge on any atom is -0.478 e. The molecule has 0 saturated carbocycles. The van der Waals surface area contributed by atoms with Crippen LogP contribution in [0.25, 0.3) is 0 Å². The molecule has 1 atom stereocenters. The Kier molecular flexibility index (Phi) is 4.69. The highest BCUT2D eigenvalue weighted by atomic mass is 16.5. The van der Waals surface area contributed by atoms with Crippen LogP contribution in [0.2, 0.25) is 0 Å². The first-order valence-corrected chi connectivity index (χ1v) is 5.55. The number of aromatic carboxylic acids is 1. The summed E-state index contributed by atoms with van der Waals surface area (Å²) in [6.07, 6.45) is 0.933. The molecule has 17 heavy (non-hydrogen) atoms. The van der Waals surface area contributed by atoms with Crippen LogP contribution in [0, 0.1) is 5.92 Å². The molecule has 0 spiro atoms. The number of carboxylic acids is 1. The third-order valence-electron chi connectivity index (χ3n) is 2.54. The maximum atomic E-state index is 11.6. The Balaban J connectivity index is 2.69. The summed E-state index contributed by atoms with van der Waals surface area (Å²) in [4.78, 5) is 22.4. The van der Waals surface area contributed by atoms with Crippen molar-refractivity contribution in [1.29, 1.82) is 0 Å². The van der Waals surface area contributed by atoms with Gasteiger partial charge in [-0.05, 0) is 24.1 Å². The van der Waals surface area contributed by atoms with Crippen molar-refractivity contribution in [3.05, 3.63) is 35.4 Å². The molecule has 1 rings (SSSR count). The molecular formula is C13H16O4. The maximum absolute atomic E-state index is 11.6. The molecule has 1 N–H and O–H groups in total. The largest absolute Gasteiger partial charge is 0.478 e. The average Bonchev–Trinajstić information content (AvgIpc) is 2.35. The van der Waals surface area contributed by atoms with Gasteiger partial charge in [-0.25, -0.2) is 9.59 Å². The number of benzene rings is 1. The number of hydrogen-bond donors (Lipinski definition) is 1. The molecule has 0 aliphatic carbocycles. The maximum Gasteiger partial charge on any atom is 0.338 e. The monoisotopic (exact) mass is 236 g/mol. The van der Waals surface area contributed by atoms with Crippen LogP contribution < -0.4 is 0 Å². The predicted molar refractivity (Wildman–Crippen MR) is 63.1 cm³/mol. The quantitative estimate of drug-likeness (QED) is 0.798. The van der Waals surface area contributed by atoms with E-state index < -0.39 is 11.9 Å². The van der Waals surface area contributed by atoms with Gasteiger partial charge in [0.05, 0.1) is 17.7 Å². The molecule has 0 amide bonds. The van der Waals surface area contributed by atoms with Crippen molar-refractivity contribution in [2.75, 3.05) is 6.61 Å². The van der Waals surface area contributed by atoms with Crippen LogP contribution in [0.4, 0.5) is 0 Å². The van der Waals surface area contributed by atoms with E-state index in [0.717, 1.165) is 6.42 Å². The SMILES string of the molecule is CC[C@H](C)COC(=O)c1cccc(C(=O)O)c1. The molecule has 0 aliphatic heterocycles. The second kappa shape index (κ2) is 6.03. The second-order valence-corrected chi connectivity index (χ2v) is 4.00. The van der Waals surface area contributed by atoms with Crippen LogP contribution in [-0.4, -0.2) is 23.7 Å². The molecule has 1 aromatic rings. The fraction of sp³-hybridized carbons (Fsp3) is 0.385. The Bertz CT molecular complexity index is 412. The van der Waals surface area contributed by atoms with Gasteiger partial charge in [0.1, 0.15) is 0 Å². The van der Waals surface area contributed by atoms with E-state index in [1.165, 1.54) is 18.2 Å². The highest BCUT2D eigenvalue weighted by Crippen LogP contribution is 2.09. The third-order valence-corrected chi connectivity index (χ3v) is 2.54. The first kappa shape index (κ1) is 13.2. The lowest BCUT2D eigenvalue weighted by Crippen LogP contribution is -2.12. The summed E-state index contributed by atoms with van der Waals surface area (Å²) >= 11 is 0. The predicted octanol–water partition coefficient (Wildman–Crippen LogP) is 2.59. The van der Waals surface area contributed by atoms with Crippen LogP contribution in [0.15, 0.2) is 24.3 Å². The van der Waals surface area contributed by atoms with Crippen molar-refractivity contribution >= 4 is 11.9 Å². The van der Waals surface area contributed by atoms with E-state index in [-0.39, 0.29) is 11.1 Å². The van der Waals surface area contributed by atoms with E-state index >= 15 is 0 Å². The molecule has 4 nitrogen and oxygen atoms in total. The summed E-state index contributed by atoms with van der Waals surface area (Å²) < 4.78 is 5.08. The van der Waals surface area contributed by atoms with Crippen molar-refractivity contribution < 1.29 is 19.4 Å². The zero-order valence-corrected chi connectivity index (χ0v) is 9.97. The summed E-state index contributed by atoms with van der Waals surface area (Å²) in [6.45, 7) is 4.36. The van der Waals surface area contributed by atoms with Crippen molar-refractivity contribution in [3.8, 4) is 0 Å². The highest BCUT2D eigenvalue weighted by molar-refractivity contribution is 5.94. The molecule has 0 unspecified atom stereocenters. The zero-order valence-electron chi connectivity index (χ0n) is 9.97. The van der Waals surface area contributed by atoms with Crippen LogP contribution in [0.5, 0.6) is 0 Å². The summed E-state index contributed by atoms with van der Waals surface area (Å²) in [7, 11) is 0. The lowest BCUT2D eigenvalue weighted by Gasteiger charge is -2.09. The zero-order chi connectivity index (χ0) is 12.8. The molecule has 0 saturated heterocycles. The number of ether oxygens (including phenoxy) is 1. The summed E-state index contributed by atoms with van der Waals surface area (Å²) in [5.41, 5.74) is 0.358. The van der Waals surface area contributed by atoms with Gasteiger partial charge in [0.15, 0.2) is 0 Å². The fourth-order valence-electron chi connectivity index (χ4n) is 1.20. The Hall–Kier alpha value is -1.84. The van der Waals surface area contributed by atoms with E-state index in [1.807, 2.05) is 13.8 Å². The van der Waals surface area contributed by atoms with Gasteiger partial charge in [0.25, 0.3) is 0 Å². The smallest absolute Gasteiger partial charge is 0.338 e. The molecule has 0 radical (unpaired) electrons. The van der Waals surface area contributed by atoms with Crippen molar-refractivity contribution in [2.24, 2.45) is 5.92 Å². The standard InChI is InChI=1S/C13H16O4/c1-3-9(2)8-17-13(16)11-6-4-5-10(7-11)12(14)15/h4-7,9H,3,8H2,1-2H3,(H,14,15)/t9-/m0/s1. The molecule has 0 aromatic heterocycles. The van der Waals surface area contributed by atoms with E-state index in [4.69, 9.17) is 9.84 Å². The number of carbonyl (C=O) groups excluding carboxylic acids is 1. The van der Waals surface area contributed by atoms with Crippen LogP contribution in [0.1, 0.15) is 41.0 Å².